The second-order valence-corrected chi connectivity index (χ2v) is 3.99. The number of fused-ring (bicyclic) bond motifs is 1. The molecule has 0 fully saturated rings. The molecule has 9 heteroatoms. The van der Waals surface area contributed by atoms with E-state index in [0.29, 0.717) is 16.5 Å². The first-order chi connectivity index (χ1) is 9.59. The van der Waals surface area contributed by atoms with E-state index in [0.717, 1.165) is 0 Å². The van der Waals surface area contributed by atoms with Crippen LogP contribution in [0.25, 0.3) is 22.2 Å². The van der Waals surface area contributed by atoms with Crippen molar-refractivity contribution in [1.82, 2.24) is 25.6 Å². The molecule has 0 saturated carbocycles. The lowest BCUT2D eigenvalue weighted by Gasteiger charge is -2.01. The Bertz CT molecular complexity index is 834. The SMILES string of the molecule is NC(=O)c1n[nH]nc1-c1cccc2[nH]nc(C(=O)O)c12. The molecule has 0 spiro atoms. The normalized spacial score (nSPS) is 10.8. The second-order valence-electron chi connectivity index (χ2n) is 3.99. The number of aromatic carboxylic acids is 1. The lowest BCUT2D eigenvalue weighted by molar-refractivity contribution is 0.0692. The van der Waals surface area contributed by atoms with E-state index in [2.05, 4.69) is 25.6 Å². The number of carbonyl (C=O) groups is 2. The zero-order valence-electron chi connectivity index (χ0n) is 9.91. The first-order valence-corrected chi connectivity index (χ1v) is 5.51. The summed E-state index contributed by atoms with van der Waals surface area (Å²) in [4.78, 5) is 22.5. The van der Waals surface area contributed by atoms with E-state index in [4.69, 9.17) is 10.8 Å². The van der Waals surface area contributed by atoms with Crippen molar-refractivity contribution in [2.75, 3.05) is 0 Å². The van der Waals surface area contributed by atoms with Gasteiger partial charge in [0.1, 0.15) is 5.69 Å². The molecule has 3 aromatic rings. The average molecular weight is 272 g/mol. The molecule has 2 aromatic heterocycles. The van der Waals surface area contributed by atoms with Gasteiger partial charge in [-0.1, -0.05) is 12.1 Å². The van der Waals surface area contributed by atoms with Crippen molar-refractivity contribution in [3.63, 3.8) is 0 Å². The van der Waals surface area contributed by atoms with Crippen molar-refractivity contribution in [2.24, 2.45) is 5.73 Å². The number of hydrogen-bond acceptors (Lipinski definition) is 5. The molecule has 0 atom stereocenters. The van der Waals surface area contributed by atoms with Gasteiger partial charge in [-0.05, 0) is 6.07 Å². The van der Waals surface area contributed by atoms with Crippen LogP contribution in [-0.4, -0.2) is 42.6 Å². The van der Waals surface area contributed by atoms with Crippen molar-refractivity contribution in [3.8, 4) is 11.3 Å². The predicted molar refractivity (Wildman–Crippen MR) is 66.9 cm³/mol. The van der Waals surface area contributed by atoms with Crippen LogP contribution in [0.15, 0.2) is 18.2 Å². The molecule has 9 nitrogen and oxygen atoms in total. The van der Waals surface area contributed by atoms with E-state index in [1.165, 1.54) is 0 Å². The molecule has 0 unspecified atom stereocenters. The molecule has 5 N–H and O–H groups in total. The molecule has 20 heavy (non-hydrogen) atoms. The summed E-state index contributed by atoms with van der Waals surface area (Å²) in [5.74, 6) is -1.95. The number of nitrogens with one attached hydrogen (secondary N) is 2. The van der Waals surface area contributed by atoms with Crippen molar-refractivity contribution in [3.05, 3.63) is 29.6 Å². The van der Waals surface area contributed by atoms with Gasteiger partial charge >= 0.3 is 5.97 Å². The Hall–Kier alpha value is -3.23. The van der Waals surface area contributed by atoms with Crippen LogP contribution in [0.1, 0.15) is 21.0 Å². The number of nitrogens with two attached hydrogens (primary N) is 1. The summed E-state index contributed by atoms with van der Waals surface area (Å²) < 4.78 is 0. The number of aromatic amines is 2. The van der Waals surface area contributed by atoms with E-state index in [1.54, 1.807) is 18.2 Å². The number of hydrogen-bond donors (Lipinski definition) is 4. The van der Waals surface area contributed by atoms with Crippen LogP contribution < -0.4 is 5.73 Å². The summed E-state index contributed by atoms with van der Waals surface area (Å²) in [7, 11) is 0. The molecule has 0 bridgehead atoms. The largest absolute Gasteiger partial charge is 0.476 e. The molecule has 1 amide bonds. The van der Waals surface area contributed by atoms with Gasteiger partial charge in [-0.2, -0.15) is 20.5 Å². The minimum absolute atomic E-state index is 0.0601. The van der Waals surface area contributed by atoms with Gasteiger partial charge in [0, 0.05) is 10.9 Å². The van der Waals surface area contributed by atoms with Crippen molar-refractivity contribution in [2.45, 2.75) is 0 Å². The van der Waals surface area contributed by atoms with Gasteiger partial charge in [0.25, 0.3) is 5.91 Å². The quantitative estimate of drug-likeness (QED) is 0.532. The maximum atomic E-state index is 11.3. The van der Waals surface area contributed by atoms with Crippen LogP contribution in [-0.2, 0) is 0 Å². The Morgan fingerprint density at radius 3 is 2.65 bits per heavy atom. The fourth-order valence-electron chi connectivity index (χ4n) is 2.02. The number of aromatic nitrogens is 5. The third-order valence-electron chi connectivity index (χ3n) is 2.83. The molecule has 0 radical (unpaired) electrons. The number of carbonyl (C=O) groups excluding carboxylic acids is 1. The first-order valence-electron chi connectivity index (χ1n) is 5.51. The highest BCUT2D eigenvalue weighted by Crippen LogP contribution is 2.30. The summed E-state index contributed by atoms with van der Waals surface area (Å²) in [6.45, 7) is 0. The number of carboxylic acid groups (broad SMARTS) is 1. The number of H-pyrrole nitrogens is 2. The number of primary amides is 1. The molecular formula is C11H8N6O3. The van der Waals surface area contributed by atoms with E-state index >= 15 is 0 Å². The predicted octanol–water partition coefficient (Wildman–Crippen LogP) is 0.145. The fourth-order valence-corrected chi connectivity index (χ4v) is 2.02. The van der Waals surface area contributed by atoms with Crippen LogP contribution in [0.5, 0.6) is 0 Å². The molecule has 2 heterocycles. The summed E-state index contributed by atoms with van der Waals surface area (Å²) in [5.41, 5.74) is 6.11. The lowest BCUT2D eigenvalue weighted by atomic mass is 10.0. The van der Waals surface area contributed by atoms with E-state index in [-0.39, 0.29) is 17.1 Å². The van der Waals surface area contributed by atoms with Crippen molar-refractivity contribution in [1.29, 1.82) is 0 Å². The van der Waals surface area contributed by atoms with Gasteiger partial charge < -0.3 is 10.8 Å². The molecule has 0 aliphatic rings. The molecule has 0 aliphatic heterocycles. The fraction of sp³-hybridized carbons (Fsp3) is 0. The first kappa shape index (κ1) is 11.8. The standard InChI is InChI=1S/C11H8N6O3/c12-10(18)9-7(15-17-16-9)4-2-1-3-5-6(4)8(11(19)20)14-13-5/h1-3H,(H2,12,18)(H,13,14)(H,19,20)(H,15,16,17). The molecule has 0 saturated heterocycles. The topological polar surface area (TPSA) is 151 Å². The zero-order valence-corrected chi connectivity index (χ0v) is 9.91. The van der Waals surface area contributed by atoms with Crippen LogP contribution in [0.4, 0.5) is 0 Å². The van der Waals surface area contributed by atoms with Crippen molar-refractivity contribution >= 4 is 22.8 Å². The summed E-state index contributed by atoms with van der Waals surface area (Å²) in [6, 6.07) is 4.97. The highest BCUT2D eigenvalue weighted by molar-refractivity contribution is 6.09. The number of benzene rings is 1. The van der Waals surface area contributed by atoms with Gasteiger partial charge in [-0.3, -0.25) is 9.89 Å². The van der Waals surface area contributed by atoms with Gasteiger partial charge in [-0.15, -0.1) is 0 Å². The second kappa shape index (κ2) is 4.16. The van der Waals surface area contributed by atoms with Gasteiger partial charge in [0.05, 0.1) is 5.52 Å². The highest BCUT2D eigenvalue weighted by Gasteiger charge is 2.22. The highest BCUT2D eigenvalue weighted by atomic mass is 16.4. The molecule has 1 aromatic carbocycles. The molecule has 0 aliphatic carbocycles. The summed E-state index contributed by atoms with van der Waals surface area (Å²) in [5, 5.41) is 25.7. The average Bonchev–Trinajstić information content (AvgIpc) is 3.04. The maximum Gasteiger partial charge on any atom is 0.357 e. The Morgan fingerprint density at radius 2 is 1.95 bits per heavy atom. The van der Waals surface area contributed by atoms with Crippen molar-refractivity contribution < 1.29 is 14.7 Å². The Morgan fingerprint density at radius 1 is 1.15 bits per heavy atom. The van der Waals surface area contributed by atoms with Crippen LogP contribution in [0.3, 0.4) is 0 Å². The third-order valence-corrected chi connectivity index (χ3v) is 2.83. The maximum absolute atomic E-state index is 11.3. The summed E-state index contributed by atoms with van der Waals surface area (Å²) in [6.07, 6.45) is 0. The monoisotopic (exact) mass is 272 g/mol. The van der Waals surface area contributed by atoms with E-state index in [9.17, 15) is 9.59 Å². The van der Waals surface area contributed by atoms with Crippen LogP contribution >= 0.6 is 0 Å². The number of carboxylic acids is 1. The Labute approximate surface area is 110 Å². The lowest BCUT2D eigenvalue weighted by Crippen LogP contribution is -2.12. The number of rotatable bonds is 3. The summed E-state index contributed by atoms with van der Waals surface area (Å²) >= 11 is 0. The van der Waals surface area contributed by atoms with Gasteiger partial charge in [0.2, 0.25) is 0 Å². The smallest absolute Gasteiger partial charge is 0.357 e. The molecule has 100 valence electrons. The van der Waals surface area contributed by atoms with Crippen LogP contribution in [0, 0.1) is 0 Å². The number of nitrogens with zero attached hydrogens (tertiary/aromatic N) is 3. The molecule has 3 rings (SSSR count). The minimum Gasteiger partial charge on any atom is -0.476 e. The van der Waals surface area contributed by atoms with Gasteiger partial charge in [-0.25, -0.2) is 4.79 Å². The molecular weight excluding hydrogens is 264 g/mol. The zero-order chi connectivity index (χ0) is 14.3. The Balaban J connectivity index is 2.36. The van der Waals surface area contributed by atoms with Gasteiger partial charge in [0.15, 0.2) is 11.4 Å². The minimum atomic E-state index is -1.19. The van der Waals surface area contributed by atoms with E-state index in [1.807, 2.05) is 0 Å². The van der Waals surface area contributed by atoms with E-state index < -0.39 is 11.9 Å². The Kier molecular flexibility index (Phi) is 2.46. The number of amides is 1. The third kappa shape index (κ3) is 1.61. The van der Waals surface area contributed by atoms with Crippen LogP contribution in [0.2, 0.25) is 0 Å².